The molecule has 0 unspecified atom stereocenters. The summed E-state index contributed by atoms with van der Waals surface area (Å²) in [4.78, 5) is 2.48. The first kappa shape index (κ1) is 12.8. The number of rotatable bonds is 3. The number of nitrogens with zero attached hydrogens (tertiary/aromatic N) is 1. The second-order valence-corrected chi connectivity index (χ2v) is 6.82. The van der Waals surface area contributed by atoms with E-state index in [1.807, 2.05) is 0 Å². The Bertz CT molecular complexity index is 353. The second-order valence-electron chi connectivity index (χ2n) is 4.23. The lowest BCUT2D eigenvalue weighted by Gasteiger charge is -2.33. The monoisotopic (exact) mass is 250 g/mol. The number of sulfone groups is 1. The van der Waals surface area contributed by atoms with E-state index in [0.717, 1.165) is 0 Å². The molecule has 1 fully saturated rings. The third-order valence-electron chi connectivity index (χ3n) is 3.14. The molecule has 6 heteroatoms. The molecule has 0 radical (unpaired) electrons. The van der Waals surface area contributed by atoms with Crippen LogP contribution in [-0.2, 0) is 9.84 Å². The van der Waals surface area contributed by atoms with Crippen LogP contribution in [0.3, 0.4) is 0 Å². The van der Waals surface area contributed by atoms with Gasteiger partial charge in [-0.1, -0.05) is 0 Å². The topological polar surface area (TPSA) is 70.0 Å². The first-order valence-electron chi connectivity index (χ1n) is 4.87. The number of hydrogen-bond acceptors (Lipinski definition) is 4. The van der Waals surface area contributed by atoms with E-state index in [9.17, 15) is 8.42 Å². The molecule has 0 aromatic rings. The first-order chi connectivity index (χ1) is 6.93. The predicted octanol–water partition coefficient (Wildman–Crippen LogP) is 1.23. The van der Waals surface area contributed by atoms with E-state index in [-0.39, 0.29) is 5.25 Å². The van der Waals surface area contributed by atoms with Crippen LogP contribution in [0.15, 0.2) is 0 Å². The Morgan fingerprint density at radius 2 is 2.07 bits per heavy atom. The van der Waals surface area contributed by atoms with Crippen LogP contribution in [0, 0.1) is 16.7 Å². The average molecular weight is 251 g/mol. The summed E-state index contributed by atoms with van der Waals surface area (Å²) < 4.78 is 22.6. The number of nitrogens with one attached hydrogen (secondary N) is 1. The van der Waals surface area contributed by atoms with E-state index >= 15 is 0 Å². The van der Waals surface area contributed by atoms with Crippen molar-refractivity contribution in [2.45, 2.75) is 30.9 Å². The van der Waals surface area contributed by atoms with Crippen LogP contribution in [0.25, 0.3) is 0 Å². The van der Waals surface area contributed by atoms with Crippen LogP contribution in [0.2, 0.25) is 0 Å². The van der Waals surface area contributed by atoms with Crippen molar-refractivity contribution in [3.63, 3.8) is 0 Å². The van der Waals surface area contributed by atoms with E-state index in [2.05, 4.69) is 10.9 Å². The fourth-order valence-corrected chi connectivity index (χ4v) is 3.38. The lowest BCUT2D eigenvalue weighted by atomic mass is 9.75. The Morgan fingerprint density at radius 1 is 1.53 bits per heavy atom. The summed E-state index contributed by atoms with van der Waals surface area (Å²) in [6.07, 6.45) is 3.58. The summed E-state index contributed by atoms with van der Waals surface area (Å²) >= 11 is 5.41. The van der Waals surface area contributed by atoms with E-state index in [1.165, 1.54) is 6.26 Å². The highest BCUT2D eigenvalue weighted by atomic mass is 35.5. The van der Waals surface area contributed by atoms with Crippen LogP contribution < -0.4 is 4.84 Å². The number of halogens is 1. The Labute approximate surface area is 95.6 Å². The number of nitriles is 1. The highest BCUT2D eigenvalue weighted by molar-refractivity contribution is 7.91. The van der Waals surface area contributed by atoms with Crippen molar-refractivity contribution in [3.8, 4) is 6.07 Å². The van der Waals surface area contributed by atoms with E-state index in [4.69, 9.17) is 17.0 Å². The van der Waals surface area contributed by atoms with E-state index in [1.54, 1.807) is 0 Å². The SMILES string of the molecule is CS(=O)(=O)C1CCC(C#N)(CNCl)CC1. The molecule has 4 nitrogen and oxygen atoms in total. The standard InChI is InChI=1S/C9H15ClN2O2S/c1-15(13,14)8-2-4-9(6-11,5-3-8)7-12-10/h8,12H,2-5,7H2,1H3. The van der Waals surface area contributed by atoms with Gasteiger partial charge >= 0.3 is 0 Å². The van der Waals surface area contributed by atoms with Gasteiger partial charge in [-0.05, 0) is 37.5 Å². The quantitative estimate of drug-likeness (QED) is 0.765. The molecule has 0 heterocycles. The summed E-state index contributed by atoms with van der Waals surface area (Å²) in [5, 5.41) is 8.78. The summed E-state index contributed by atoms with van der Waals surface area (Å²) in [7, 11) is -2.96. The Balaban J connectivity index is 2.66. The zero-order valence-electron chi connectivity index (χ0n) is 8.66. The maximum Gasteiger partial charge on any atom is 0.150 e. The van der Waals surface area contributed by atoms with Gasteiger partial charge in [0.25, 0.3) is 0 Å². The molecule has 0 saturated heterocycles. The smallest absolute Gasteiger partial charge is 0.150 e. The molecule has 1 aliphatic rings. The van der Waals surface area contributed by atoms with Gasteiger partial charge in [0.15, 0.2) is 0 Å². The van der Waals surface area contributed by atoms with E-state index < -0.39 is 15.3 Å². The predicted molar refractivity (Wildman–Crippen MR) is 59.0 cm³/mol. The van der Waals surface area contributed by atoms with Gasteiger partial charge in [0.1, 0.15) is 9.84 Å². The van der Waals surface area contributed by atoms with Gasteiger partial charge in [0, 0.05) is 12.8 Å². The van der Waals surface area contributed by atoms with Crippen LogP contribution in [0.4, 0.5) is 0 Å². The van der Waals surface area contributed by atoms with Gasteiger partial charge in [-0.2, -0.15) is 5.26 Å². The Hall–Kier alpha value is -0.310. The van der Waals surface area contributed by atoms with Gasteiger partial charge in [-0.3, -0.25) is 0 Å². The normalized spacial score (nSPS) is 32.2. The third-order valence-corrected chi connectivity index (χ3v) is 4.95. The van der Waals surface area contributed by atoms with Crippen molar-refractivity contribution in [3.05, 3.63) is 0 Å². The summed E-state index contributed by atoms with van der Waals surface area (Å²) in [6.45, 7) is 0.418. The number of hydrogen-bond donors (Lipinski definition) is 1. The second kappa shape index (κ2) is 4.69. The maximum atomic E-state index is 11.3. The summed E-state index contributed by atoms with van der Waals surface area (Å²) in [5.74, 6) is 0. The van der Waals surface area contributed by atoms with Crippen molar-refractivity contribution in [1.82, 2.24) is 4.84 Å². The molecule has 0 bridgehead atoms. The average Bonchev–Trinajstić information content (AvgIpc) is 2.17. The molecule has 0 aliphatic heterocycles. The summed E-state index contributed by atoms with van der Waals surface area (Å²) in [5.41, 5.74) is -0.483. The van der Waals surface area contributed by atoms with Crippen LogP contribution in [0.1, 0.15) is 25.7 Å². The van der Waals surface area contributed by atoms with Crippen LogP contribution >= 0.6 is 11.8 Å². The lowest BCUT2D eigenvalue weighted by molar-refractivity contribution is 0.271. The van der Waals surface area contributed by atoms with Crippen molar-refractivity contribution >= 4 is 21.6 Å². The zero-order chi connectivity index (χ0) is 11.5. The maximum absolute atomic E-state index is 11.3. The fraction of sp³-hybridized carbons (Fsp3) is 0.889. The van der Waals surface area contributed by atoms with E-state index in [0.29, 0.717) is 32.2 Å². The van der Waals surface area contributed by atoms with Gasteiger partial charge in [-0.15, -0.1) is 0 Å². The molecule has 0 spiro atoms. The molecular formula is C9H15ClN2O2S. The first-order valence-corrected chi connectivity index (χ1v) is 7.20. The minimum Gasteiger partial charge on any atom is -0.232 e. The molecule has 1 aliphatic carbocycles. The molecular weight excluding hydrogens is 236 g/mol. The molecule has 0 aromatic heterocycles. The van der Waals surface area contributed by atoms with Crippen molar-refractivity contribution in [2.24, 2.45) is 5.41 Å². The zero-order valence-corrected chi connectivity index (χ0v) is 10.2. The highest BCUT2D eigenvalue weighted by Gasteiger charge is 2.38. The molecule has 1 rings (SSSR count). The van der Waals surface area contributed by atoms with Crippen LogP contribution in [0.5, 0.6) is 0 Å². The van der Waals surface area contributed by atoms with Crippen molar-refractivity contribution < 1.29 is 8.42 Å². The minimum absolute atomic E-state index is 0.283. The molecule has 0 amide bonds. The minimum atomic E-state index is -2.96. The van der Waals surface area contributed by atoms with Gasteiger partial charge in [0.2, 0.25) is 0 Å². The molecule has 0 aromatic carbocycles. The highest BCUT2D eigenvalue weighted by Crippen LogP contribution is 2.37. The van der Waals surface area contributed by atoms with Crippen molar-refractivity contribution in [1.29, 1.82) is 5.26 Å². The Kier molecular flexibility index (Phi) is 3.99. The fourth-order valence-electron chi connectivity index (χ4n) is 2.03. The molecule has 86 valence electrons. The molecule has 15 heavy (non-hydrogen) atoms. The van der Waals surface area contributed by atoms with Gasteiger partial charge in [-0.25, -0.2) is 13.3 Å². The third kappa shape index (κ3) is 3.07. The van der Waals surface area contributed by atoms with Gasteiger partial charge in [0.05, 0.1) is 16.7 Å². The lowest BCUT2D eigenvalue weighted by Crippen LogP contribution is -2.37. The molecule has 0 atom stereocenters. The van der Waals surface area contributed by atoms with Crippen LogP contribution in [-0.4, -0.2) is 26.5 Å². The Morgan fingerprint density at radius 3 is 2.40 bits per heavy atom. The summed E-state index contributed by atoms with van der Waals surface area (Å²) in [6, 6.07) is 2.25. The molecule has 1 saturated carbocycles. The van der Waals surface area contributed by atoms with Crippen molar-refractivity contribution in [2.75, 3.05) is 12.8 Å². The molecule has 1 N–H and O–H groups in total. The van der Waals surface area contributed by atoms with Gasteiger partial charge < -0.3 is 0 Å². The largest absolute Gasteiger partial charge is 0.232 e.